The van der Waals surface area contributed by atoms with E-state index in [0.717, 1.165) is 19.4 Å². The molecule has 5 nitrogen and oxygen atoms in total. The Hall–Kier alpha value is -1.88. The predicted molar refractivity (Wildman–Crippen MR) is 76.3 cm³/mol. The van der Waals surface area contributed by atoms with Crippen molar-refractivity contribution in [1.82, 2.24) is 10.6 Å². The SMILES string of the molecule is O=C1CCC(NCc2cccc3c2NCCC3)C(=O)N1. The van der Waals surface area contributed by atoms with E-state index in [1.165, 1.54) is 16.8 Å². The van der Waals surface area contributed by atoms with Crippen molar-refractivity contribution in [3.05, 3.63) is 29.3 Å². The van der Waals surface area contributed by atoms with Crippen LogP contribution in [0.25, 0.3) is 0 Å². The minimum atomic E-state index is -0.271. The first kappa shape index (κ1) is 13.1. The fraction of sp³-hybridized carbons (Fsp3) is 0.467. The van der Waals surface area contributed by atoms with Crippen LogP contribution in [0.2, 0.25) is 0 Å². The fourth-order valence-corrected chi connectivity index (χ4v) is 2.85. The van der Waals surface area contributed by atoms with Gasteiger partial charge in [-0.25, -0.2) is 0 Å². The van der Waals surface area contributed by atoms with Crippen molar-refractivity contribution < 1.29 is 9.59 Å². The maximum absolute atomic E-state index is 11.7. The average molecular weight is 273 g/mol. The number of carbonyl (C=O) groups is 2. The van der Waals surface area contributed by atoms with E-state index in [9.17, 15) is 9.59 Å². The number of imide groups is 1. The van der Waals surface area contributed by atoms with Crippen molar-refractivity contribution in [3.8, 4) is 0 Å². The van der Waals surface area contributed by atoms with Crippen LogP contribution in [0.1, 0.15) is 30.4 Å². The van der Waals surface area contributed by atoms with E-state index in [-0.39, 0.29) is 17.9 Å². The quantitative estimate of drug-likeness (QED) is 0.717. The van der Waals surface area contributed by atoms with Gasteiger partial charge in [0.25, 0.3) is 0 Å². The second-order valence-corrected chi connectivity index (χ2v) is 5.37. The van der Waals surface area contributed by atoms with E-state index in [1.54, 1.807) is 0 Å². The molecule has 3 N–H and O–H groups in total. The summed E-state index contributed by atoms with van der Waals surface area (Å²) in [5.74, 6) is -0.384. The van der Waals surface area contributed by atoms with Crippen molar-refractivity contribution in [2.45, 2.75) is 38.3 Å². The zero-order valence-corrected chi connectivity index (χ0v) is 11.4. The molecule has 2 amide bonds. The van der Waals surface area contributed by atoms with Gasteiger partial charge in [0.05, 0.1) is 6.04 Å². The highest BCUT2D eigenvalue weighted by Crippen LogP contribution is 2.26. The summed E-state index contributed by atoms with van der Waals surface area (Å²) in [7, 11) is 0. The number of hydrogen-bond donors (Lipinski definition) is 3. The zero-order chi connectivity index (χ0) is 13.9. The molecule has 1 unspecified atom stereocenters. The Morgan fingerprint density at radius 2 is 2.15 bits per heavy atom. The molecule has 2 aliphatic heterocycles. The summed E-state index contributed by atoms with van der Waals surface area (Å²) < 4.78 is 0. The zero-order valence-electron chi connectivity index (χ0n) is 11.4. The van der Waals surface area contributed by atoms with Crippen molar-refractivity contribution in [2.75, 3.05) is 11.9 Å². The van der Waals surface area contributed by atoms with Crippen LogP contribution in [0.4, 0.5) is 5.69 Å². The number of benzene rings is 1. The molecule has 0 bridgehead atoms. The topological polar surface area (TPSA) is 70.2 Å². The number of rotatable bonds is 3. The van der Waals surface area contributed by atoms with Gasteiger partial charge in [-0.15, -0.1) is 0 Å². The molecule has 1 aromatic carbocycles. The first-order chi connectivity index (χ1) is 9.74. The molecule has 1 saturated heterocycles. The van der Waals surface area contributed by atoms with E-state index in [2.05, 4.69) is 34.1 Å². The molecule has 2 heterocycles. The van der Waals surface area contributed by atoms with Crippen LogP contribution in [0, 0.1) is 0 Å². The molecule has 0 aromatic heterocycles. The number of fused-ring (bicyclic) bond motifs is 1. The number of anilines is 1. The largest absolute Gasteiger partial charge is 0.385 e. The second-order valence-electron chi connectivity index (χ2n) is 5.37. The molecular weight excluding hydrogens is 254 g/mol. The molecule has 0 saturated carbocycles. The van der Waals surface area contributed by atoms with E-state index in [1.807, 2.05) is 0 Å². The average Bonchev–Trinajstić information content (AvgIpc) is 2.46. The van der Waals surface area contributed by atoms with Crippen molar-refractivity contribution >= 4 is 17.5 Å². The number of nitrogens with one attached hydrogen (secondary N) is 3. The van der Waals surface area contributed by atoms with Crippen LogP contribution >= 0.6 is 0 Å². The lowest BCUT2D eigenvalue weighted by Crippen LogP contribution is -2.50. The number of para-hydroxylation sites is 1. The summed E-state index contributed by atoms with van der Waals surface area (Å²) in [4.78, 5) is 22.8. The smallest absolute Gasteiger partial charge is 0.243 e. The fourth-order valence-electron chi connectivity index (χ4n) is 2.85. The van der Waals surface area contributed by atoms with E-state index < -0.39 is 0 Å². The minimum Gasteiger partial charge on any atom is -0.385 e. The maximum Gasteiger partial charge on any atom is 0.243 e. The molecule has 106 valence electrons. The Kier molecular flexibility index (Phi) is 3.69. The predicted octanol–water partition coefficient (Wildman–Crippen LogP) is 0.939. The Labute approximate surface area is 118 Å². The van der Waals surface area contributed by atoms with E-state index in [4.69, 9.17) is 0 Å². The van der Waals surface area contributed by atoms with E-state index >= 15 is 0 Å². The van der Waals surface area contributed by atoms with Crippen LogP contribution in [-0.4, -0.2) is 24.4 Å². The standard InChI is InChI=1S/C15H19N3O2/c19-13-7-6-12(15(20)18-13)17-9-11-4-1-3-10-5-2-8-16-14(10)11/h1,3-4,12,16-17H,2,5-9H2,(H,18,19,20). The molecule has 2 aliphatic rings. The third-order valence-corrected chi connectivity index (χ3v) is 3.94. The van der Waals surface area contributed by atoms with Crippen molar-refractivity contribution in [1.29, 1.82) is 0 Å². The first-order valence-corrected chi connectivity index (χ1v) is 7.16. The lowest BCUT2D eigenvalue weighted by molar-refractivity contribution is -0.134. The van der Waals surface area contributed by atoms with Crippen LogP contribution in [0.5, 0.6) is 0 Å². The Morgan fingerprint density at radius 1 is 1.25 bits per heavy atom. The summed E-state index contributed by atoms with van der Waals surface area (Å²) in [6, 6.07) is 6.02. The van der Waals surface area contributed by atoms with Gasteiger partial charge in [0, 0.05) is 25.2 Å². The molecule has 3 rings (SSSR count). The van der Waals surface area contributed by atoms with Gasteiger partial charge in [-0.2, -0.15) is 0 Å². The van der Waals surface area contributed by atoms with E-state index in [0.29, 0.717) is 19.4 Å². The molecule has 1 fully saturated rings. The highest BCUT2D eigenvalue weighted by molar-refractivity contribution is 6.00. The third-order valence-electron chi connectivity index (χ3n) is 3.94. The highest BCUT2D eigenvalue weighted by Gasteiger charge is 2.26. The molecule has 5 heteroatoms. The summed E-state index contributed by atoms with van der Waals surface area (Å²) in [5, 5.41) is 9.07. The minimum absolute atomic E-state index is 0.174. The van der Waals surface area contributed by atoms with Gasteiger partial charge in [0.15, 0.2) is 0 Å². The van der Waals surface area contributed by atoms with Crippen LogP contribution in [0.15, 0.2) is 18.2 Å². The van der Waals surface area contributed by atoms with Gasteiger partial charge < -0.3 is 10.6 Å². The second kappa shape index (κ2) is 5.63. The number of piperidine rings is 1. The first-order valence-electron chi connectivity index (χ1n) is 7.16. The Bertz CT molecular complexity index is 542. The third kappa shape index (κ3) is 2.67. The Morgan fingerprint density at radius 3 is 3.00 bits per heavy atom. The van der Waals surface area contributed by atoms with Crippen molar-refractivity contribution in [2.24, 2.45) is 0 Å². The lowest BCUT2D eigenvalue weighted by atomic mass is 9.99. The number of aryl methyl sites for hydroxylation is 1. The van der Waals surface area contributed by atoms with Crippen LogP contribution in [-0.2, 0) is 22.6 Å². The number of amides is 2. The summed E-state index contributed by atoms with van der Waals surface area (Å²) >= 11 is 0. The molecule has 1 aromatic rings. The van der Waals surface area contributed by atoms with Crippen molar-refractivity contribution in [3.63, 3.8) is 0 Å². The van der Waals surface area contributed by atoms with Gasteiger partial charge in [-0.1, -0.05) is 18.2 Å². The normalized spacial score (nSPS) is 21.9. The summed E-state index contributed by atoms with van der Waals surface area (Å²) in [5.41, 5.74) is 3.74. The summed E-state index contributed by atoms with van der Waals surface area (Å²) in [6.45, 7) is 1.64. The molecule has 0 radical (unpaired) electrons. The molecule has 0 spiro atoms. The highest BCUT2D eigenvalue weighted by atomic mass is 16.2. The monoisotopic (exact) mass is 273 g/mol. The van der Waals surface area contributed by atoms with Gasteiger partial charge in [-0.05, 0) is 30.4 Å². The van der Waals surface area contributed by atoms with Gasteiger partial charge in [-0.3, -0.25) is 14.9 Å². The van der Waals surface area contributed by atoms with Crippen LogP contribution < -0.4 is 16.0 Å². The van der Waals surface area contributed by atoms with Gasteiger partial charge in [0.1, 0.15) is 0 Å². The number of carbonyl (C=O) groups excluding carboxylic acids is 2. The van der Waals surface area contributed by atoms with Gasteiger partial charge >= 0.3 is 0 Å². The molecular formula is C15H19N3O2. The molecule has 1 atom stereocenters. The molecule has 20 heavy (non-hydrogen) atoms. The Balaban J connectivity index is 1.67. The summed E-state index contributed by atoms with van der Waals surface area (Å²) in [6.07, 6.45) is 3.26. The lowest BCUT2D eigenvalue weighted by Gasteiger charge is -2.24. The van der Waals surface area contributed by atoms with Gasteiger partial charge in [0.2, 0.25) is 11.8 Å². The number of hydrogen-bond acceptors (Lipinski definition) is 4. The maximum atomic E-state index is 11.7. The molecule has 0 aliphatic carbocycles. The van der Waals surface area contributed by atoms with Crippen LogP contribution in [0.3, 0.4) is 0 Å².